The van der Waals surface area contributed by atoms with Gasteiger partial charge in [0.25, 0.3) is 0 Å². The number of aromatic amines is 1. The number of methoxy groups -OCH3 is 1. The third-order valence-electron chi connectivity index (χ3n) is 3.47. The zero-order chi connectivity index (χ0) is 19.8. The highest BCUT2D eigenvalue weighted by Crippen LogP contribution is 2.31. The summed E-state index contributed by atoms with van der Waals surface area (Å²) in [6, 6.07) is 4.66. The van der Waals surface area contributed by atoms with Gasteiger partial charge in [-0.25, -0.2) is 9.78 Å². The van der Waals surface area contributed by atoms with Crippen LogP contribution in [0.4, 0.5) is 4.79 Å². The topological polar surface area (TPSA) is 109 Å². The van der Waals surface area contributed by atoms with Crippen molar-refractivity contribution >= 4 is 35.3 Å². The minimum absolute atomic E-state index is 0.0155. The van der Waals surface area contributed by atoms with Gasteiger partial charge in [0.05, 0.1) is 18.4 Å². The van der Waals surface area contributed by atoms with Crippen molar-refractivity contribution in [3.8, 4) is 17.1 Å². The third-order valence-corrected chi connectivity index (χ3v) is 4.56. The second-order valence-corrected chi connectivity index (χ2v) is 7.47. The fraction of sp³-hybridized carbons (Fsp3) is 0.412. The number of aromatic nitrogens is 3. The van der Waals surface area contributed by atoms with Crippen LogP contribution >= 0.6 is 23.4 Å². The maximum atomic E-state index is 11.8. The number of amides is 3. The van der Waals surface area contributed by atoms with Crippen molar-refractivity contribution in [1.82, 2.24) is 25.8 Å². The van der Waals surface area contributed by atoms with Crippen LogP contribution in [0.3, 0.4) is 0 Å². The van der Waals surface area contributed by atoms with Gasteiger partial charge in [-0.05, 0) is 30.5 Å². The number of nitrogens with one attached hydrogen (secondary N) is 3. The molecule has 0 unspecified atom stereocenters. The lowest BCUT2D eigenvalue weighted by Crippen LogP contribution is -2.40. The lowest BCUT2D eigenvalue weighted by atomic mass is 10.1. The molecule has 3 amide bonds. The van der Waals surface area contributed by atoms with Gasteiger partial charge in [0.2, 0.25) is 11.1 Å². The Morgan fingerprint density at radius 1 is 1.37 bits per heavy atom. The maximum Gasteiger partial charge on any atom is 0.321 e. The predicted molar refractivity (Wildman–Crippen MR) is 105 cm³/mol. The molecule has 0 saturated heterocycles. The molecule has 1 aromatic carbocycles. The lowest BCUT2D eigenvalue weighted by Gasteiger charge is -2.07. The van der Waals surface area contributed by atoms with Crippen molar-refractivity contribution in [2.45, 2.75) is 25.4 Å². The fourth-order valence-corrected chi connectivity index (χ4v) is 2.88. The number of thioether (sulfide) groups is 1. The standard InChI is InChI=1S/C17H22ClN5O3S/c1-10(2)6-7-19-16(25)20-14(24)9-27-17-21-15(22-23-17)12-8-11(18)4-5-13(12)26-3/h4-5,8,10H,6-7,9H2,1-3H3,(H,21,22,23)(H2,19,20,24,25). The summed E-state index contributed by atoms with van der Waals surface area (Å²) in [7, 11) is 1.55. The number of hydrogen-bond donors (Lipinski definition) is 3. The van der Waals surface area contributed by atoms with E-state index in [4.69, 9.17) is 16.3 Å². The van der Waals surface area contributed by atoms with Gasteiger partial charge < -0.3 is 10.1 Å². The van der Waals surface area contributed by atoms with E-state index in [1.165, 1.54) is 0 Å². The number of hydrogen-bond acceptors (Lipinski definition) is 6. The smallest absolute Gasteiger partial charge is 0.321 e. The number of imide groups is 1. The molecule has 0 saturated carbocycles. The van der Waals surface area contributed by atoms with Crippen molar-refractivity contribution < 1.29 is 14.3 Å². The molecule has 1 heterocycles. The summed E-state index contributed by atoms with van der Waals surface area (Å²) in [5.41, 5.74) is 0.665. The second kappa shape index (κ2) is 10.2. The number of H-pyrrole nitrogens is 1. The minimum atomic E-state index is -0.499. The Morgan fingerprint density at radius 3 is 2.85 bits per heavy atom. The van der Waals surface area contributed by atoms with Crippen molar-refractivity contribution in [2.24, 2.45) is 5.92 Å². The molecule has 3 N–H and O–H groups in total. The van der Waals surface area contributed by atoms with E-state index >= 15 is 0 Å². The first-order chi connectivity index (χ1) is 12.9. The molecule has 146 valence electrons. The molecule has 8 nitrogen and oxygen atoms in total. The Bertz CT molecular complexity index is 797. The van der Waals surface area contributed by atoms with Crippen LogP contribution in [0.25, 0.3) is 11.4 Å². The maximum absolute atomic E-state index is 11.8. The summed E-state index contributed by atoms with van der Waals surface area (Å²) in [6.45, 7) is 4.65. The number of carbonyl (C=O) groups excluding carboxylic acids is 2. The van der Waals surface area contributed by atoms with Crippen LogP contribution in [0.1, 0.15) is 20.3 Å². The molecule has 0 fully saturated rings. The summed E-state index contributed by atoms with van der Waals surface area (Å²) >= 11 is 7.13. The van der Waals surface area contributed by atoms with Crippen LogP contribution in [-0.4, -0.2) is 46.5 Å². The molecule has 0 atom stereocenters. The van der Waals surface area contributed by atoms with E-state index in [-0.39, 0.29) is 5.75 Å². The highest BCUT2D eigenvalue weighted by Gasteiger charge is 2.14. The van der Waals surface area contributed by atoms with E-state index in [9.17, 15) is 9.59 Å². The van der Waals surface area contributed by atoms with Gasteiger partial charge in [0.1, 0.15) is 5.75 Å². The summed E-state index contributed by atoms with van der Waals surface area (Å²) < 4.78 is 5.29. The molecule has 27 heavy (non-hydrogen) atoms. The highest BCUT2D eigenvalue weighted by molar-refractivity contribution is 7.99. The van der Waals surface area contributed by atoms with Crippen LogP contribution in [0, 0.1) is 5.92 Å². The number of carbonyl (C=O) groups is 2. The van der Waals surface area contributed by atoms with Gasteiger partial charge in [-0.3, -0.25) is 15.2 Å². The second-order valence-electron chi connectivity index (χ2n) is 6.09. The van der Waals surface area contributed by atoms with Gasteiger partial charge in [0, 0.05) is 11.6 Å². The fourth-order valence-electron chi connectivity index (χ4n) is 2.11. The van der Waals surface area contributed by atoms with E-state index < -0.39 is 11.9 Å². The Labute approximate surface area is 166 Å². The van der Waals surface area contributed by atoms with E-state index in [1.807, 2.05) is 0 Å². The Balaban J connectivity index is 1.87. The molecular formula is C17H22ClN5O3S. The molecule has 0 aliphatic heterocycles. The summed E-state index contributed by atoms with van der Waals surface area (Å²) in [5, 5.41) is 12.7. The van der Waals surface area contributed by atoms with E-state index in [0.717, 1.165) is 18.2 Å². The van der Waals surface area contributed by atoms with E-state index in [1.54, 1.807) is 25.3 Å². The zero-order valence-electron chi connectivity index (χ0n) is 15.3. The summed E-state index contributed by atoms with van der Waals surface area (Å²) in [6.07, 6.45) is 0.850. The Kier molecular flexibility index (Phi) is 7.93. The molecule has 0 bridgehead atoms. The van der Waals surface area contributed by atoms with E-state index in [0.29, 0.717) is 39.8 Å². The van der Waals surface area contributed by atoms with E-state index in [2.05, 4.69) is 39.7 Å². The molecule has 0 spiro atoms. The van der Waals surface area contributed by atoms with Gasteiger partial charge in [-0.1, -0.05) is 37.2 Å². The normalized spacial score (nSPS) is 10.7. The number of halogens is 1. The molecule has 2 aromatic rings. The first-order valence-electron chi connectivity index (χ1n) is 8.35. The molecule has 0 aliphatic carbocycles. The molecule has 0 radical (unpaired) electrons. The van der Waals surface area contributed by atoms with Crippen molar-refractivity contribution in [3.05, 3.63) is 23.2 Å². The number of rotatable bonds is 8. The van der Waals surface area contributed by atoms with Gasteiger partial charge in [-0.2, -0.15) is 0 Å². The van der Waals surface area contributed by atoms with Crippen LogP contribution in [0.5, 0.6) is 5.75 Å². The molecule has 2 rings (SSSR count). The monoisotopic (exact) mass is 411 g/mol. The lowest BCUT2D eigenvalue weighted by molar-refractivity contribution is -0.117. The average molecular weight is 412 g/mol. The first kappa shape index (κ1) is 21.0. The van der Waals surface area contributed by atoms with Gasteiger partial charge >= 0.3 is 6.03 Å². The largest absolute Gasteiger partial charge is 0.496 e. The highest BCUT2D eigenvalue weighted by atomic mass is 35.5. The van der Waals surface area contributed by atoms with Crippen LogP contribution < -0.4 is 15.4 Å². The first-order valence-corrected chi connectivity index (χ1v) is 9.72. The number of nitrogens with zero attached hydrogens (tertiary/aromatic N) is 2. The minimum Gasteiger partial charge on any atom is -0.496 e. The van der Waals surface area contributed by atoms with Gasteiger partial charge in [-0.15, -0.1) is 5.10 Å². The predicted octanol–water partition coefficient (Wildman–Crippen LogP) is 3.10. The molecule has 0 aliphatic rings. The Morgan fingerprint density at radius 2 is 2.15 bits per heavy atom. The number of benzene rings is 1. The van der Waals surface area contributed by atoms with Gasteiger partial charge in [0.15, 0.2) is 5.82 Å². The average Bonchev–Trinajstić information content (AvgIpc) is 3.08. The van der Waals surface area contributed by atoms with Crippen LogP contribution in [-0.2, 0) is 4.79 Å². The zero-order valence-corrected chi connectivity index (χ0v) is 16.9. The molecular weight excluding hydrogens is 390 g/mol. The SMILES string of the molecule is COc1ccc(Cl)cc1-c1nc(SCC(=O)NC(=O)NCCC(C)C)n[nH]1. The van der Waals surface area contributed by atoms with Crippen LogP contribution in [0.2, 0.25) is 5.02 Å². The number of ether oxygens (including phenoxy) is 1. The number of urea groups is 1. The summed E-state index contributed by atoms with van der Waals surface area (Å²) in [5.74, 6) is 1.15. The van der Waals surface area contributed by atoms with Crippen LogP contribution in [0.15, 0.2) is 23.4 Å². The quantitative estimate of drug-likeness (QED) is 0.576. The molecule has 1 aromatic heterocycles. The van der Waals surface area contributed by atoms with Crippen molar-refractivity contribution in [2.75, 3.05) is 19.4 Å². The molecule has 10 heteroatoms. The Hall–Kier alpha value is -2.26. The van der Waals surface area contributed by atoms with Crippen molar-refractivity contribution in [3.63, 3.8) is 0 Å². The van der Waals surface area contributed by atoms with Crippen molar-refractivity contribution in [1.29, 1.82) is 0 Å². The summed E-state index contributed by atoms with van der Waals surface area (Å²) in [4.78, 5) is 27.8. The third kappa shape index (κ3) is 6.76.